The van der Waals surface area contributed by atoms with Crippen LogP contribution in [0.1, 0.15) is 0 Å². The van der Waals surface area contributed by atoms with Crippen LogP contribution in [0, 0.1) is 0 Å². The molecule has 0 spiro atoms. The van der Waals surface area contributed by atoms with Gasteiger partial charge >= 0.3 is 10.2 Å². The second-order valence-electron chi connectivity index (χ2n) is 2.51. The van der Waals surface area contributed by atoms with E-state index < -0.39 is 10.2 Å². The van der Waals surface area contributed by atoms with Gasteiger partial charge in [-0.1, -0.05) is 18.2 Å². The third kappa shape index (κ3) is 2.19. The number of hydrogen-bond acceptors (Lipinski definition) is 2. The number of anilines is 1. The van der Waals surface area contributed by atoms with Crippen molar-refractivity contribution in [3.63, 3.8) is 0 Å². The summed E-state index contributed by atoms with van der Waals surface area (Å²) in [6.45, 7) is 0. The van der Waals surface area contributed by atoms with Crippen molar-refractivity contribution >= 4 is 15.9 Å². The molecule has 4 nitrogen and oxygen atoms in total. The van der Waals surface area contributed by atoms with Crippen LogP contribution in [0.25, 0.3) is 0 Å². The molecule has 0 saturated heterocycles. The van der Waals surface area contributed by atoms with Gasteiger partial charge in [-0.05, 0) is 12.1 Å². The summed E-state index contributed by atoms with van der Waals surface area (Å²) in [5.74, 6) is 0. The predicted octanol–water partition coefficient (Wildman–Crippen LogP) is 0.587. The molecule has 0 saturated carbocycles. The molecule has 1 aromatic carbocycles. The number of rotatable bonds is 3. The Kier molecular flexibility index (Phi) is 2.90. The Morgan fingerprint density at radius 3 is 2.23 bits per heavy atom. The van der Waals surface area contributed by atoms with E-state index in [9.17, 15) is 8.42 Å². The smallest absolute Gasteiger partial charge is 0.261 e. The van der Waals surface area contributed by atoms with Gasteiger partial charge in [-0.3, -0.25) is 4.31 Å². The first-order valence-electron chi connectivity index (χ1n) is 3.80. The van der Waals surface area contributed by atoms with E-state index in [0.29, 0.717) is 5.69 Å². The van der Waals surface area contributed by atoms with Gasteiger partial charge in [0.05, 0.1) is 5.69 Å². The van der Waals surface area contributed by atoms with Crippen molar-refractivity contribution in [2.75, 3.05) is 18.4 Å². The molecule has 0 heterocycles. The zero-order valence-corrected chi connectivity index (χ0v) is 8.38. The maximum atomic E-state index is 11.3. The average molecular weight is 200 g/mol. The maximum absolute atomic E-state index is 11.3. The first-order valence-corrected chi connectivity index (χ1v) is 5.24. The second-order valence-corrected chi connectivity index (χ2v) is 4.42. The fraction of sp³-hybridized carbons (Fsp3) is 0.250. The number of nitrogens with zero attached hydrogens (tertiary/aromatic N) is 1. The lowest BCUT2D eigenvalue weighted by Gasteiger charge is -2.17. The van der Waals surface area contributed by atoms with Crippen molar-refractivity contribution in [2.45, 2.75) is 0 Å². The number of nitrogens with one attached hydrogen (secondary N) is 1. The van der Waals surface area contributed by atoms with Crippen molar-refractivity contribution in [1.29, 1.82) is 0 Å². The molecule has 1 aromatic rings. The standard InChI is InChI=1S/C8H12N2O2S/c1-9-13(11,12)10(2)8-6-4-3-5-7-8/h3-7,9H,1-2H3. The Morgan fingerprint density at radius 1 is 1.23 bits per heavy atom. The largest absolute Gasteiger partial charge is 0.301 e. The van der Waals surface area contributed by atoms with Gasteiger partial charge in [0.2, 0.25) is 0 Å². The highest BCUT2D eigenvalue weighted by Crippen LogP contribution is 2.13. The lowest BCUT2D eigenvalue weighted by atomic mass is 10.3. The molecule has 5 heteroatoms. The van der Waals surface area contributed by atoms with Gasteiger partial charge in [-0.15, -0.1) is 0 Å². The van der Waals surface area contributed by atoms with Gasteiger partial charge in [0, 0.05) is 14.1 Å². The minimum absolute atomic E-state index is 0.636. The minimum Gasteiger partial charge on any atom is -0.261 e. The van der Waals surface area contributed by atoms with E-state index in [0.717, 1.165) is 0 Å². The summed E-state index contributed by atoms with van der Waals surface area (Å²) in [6, 6.07) is 8.88. The molecule has 0 aliphatic rings. The zero-order chi connectivity index (χ0) is 9.90. The van der Waals surface area contributed by atoms with E-state index in [4.69, 9.17) is 0 Å². The van der Waals surface area contributed by atoms with Crippen LogP contribution < -0.4 is 9.03 Å². The van der Waals surface area contributed by atoms with E-state index in [1.807, 2.05) is 6.07 Å². The van der Waals surface area contributed by atoms with E-state index in [1.165, 1.54) is 18.4 Å². The quantitative estimate of drug-likeness (QED) is 0.776. The number of hydrogen-bond donors (Lipinski definition) is 1. The average Bonchev–Trinajstić information content (AvgIpc) is 2.18. The third-order valence-corrected chi connectivity index (χ3v) is 3.19. The topological polar surface area (TPSA) is 49.4 Å². The summed E-state index contributed by atoms with van der Waals surface area (Å²) in [7, 11) is -0.483. The van der Waals surface area contributed by atoms with Gasteiger partial charge in [-0.25, -0.2) is 4.72 Å². The molecule has 0 unspecified atom stereocenters. The molecule has 13 heavy (non-hydrogen) atoms. The summed E-state index contributed by atoms with van der Waals surface area (Å²) in [4.78, 5) is 0. The molecular weight excluding hydrogens is 188 g/mol. The van der Waals surface area contributed by atoms with E-state index in [-0.39, 0.29) is 0 Å². The normalized spacial score (nSPS) is 11.2. The van der Waals surface area contributed by atoms with Crippen LogP contribution in [-0.4, -0.2) is 22.5 Å². The second kappa shape index (κ2) is 3.76. The van der Waals surface area contributed by atoms with Crippen molar-refractivity contribution in [1.82, 2.24) is 4.72 Å². The van der Waals surface area contributed by atoms with Crippen molar-refractivity contribution in [2.24, 2.45) is 0 Å². The monoisotopic (exact) mass is 200 g/mol. The van der Waals surface area contributed by atoms with E-state index in [2.05, 4.69) is 4.72 Å². The van der Waals surface area contributed by atoms with Crippen LogP contribution in [-0.2, 0) is 10.2 Å². The minimum atomic E-state index is -3.37. The van der Waals surface area contributed by atoms with E-state index in [1.54, 1.807) is 24.3 Å². The van der Waals surface area contributed by atoms with Crippen LogP contribution in [0.5, 0.6) is 0 Å². The highest BCUT2D eigenvalue weighted by molar-refractivity contribution is 7.90. The molecule has 1 N–H and O–H groups in total. The lowest BCUT2D eigenvalue weighted by Crippen LogP contribution is -2.35. The SMILES string of the molecule is CNS(=O)(=O)N(C)c1ccccc1. The lowest BCUT2D eigenvalue weighted by molar-refractivity contribution is 0.586. The van der Waals surface area contributed by atoms with Crippen molar-refractivity contribution < 1.29 is 8.42 Å². The van der Waals surface area contributed by atoms with Gasteiger partial charge in [0.25, 0.3) is 0 Å². The van der Waals surface area contributed by atoms with Gasteiger partial charge in [0.15, 0.2) is 0 Å². The fourth-order valence-electron chi connectivity index (χ4n) is 0.914. The van der Waals surface area contributed by atoms with Crippen LogP contribution >= 0.6 is 0 Å². The third-order valence-electron chi connectivity index (χ3n) is 1.74. The van der Waals surface area contributed by atoms with Crippen LogP contribution in [0.4, 0.5) is 5.69 Å². The van der Waals surface area contributed by atoms with Gasteiger partial charge in [-0.2, -0.15) is 8.42 Å². The molecule has 0 aromatic heterocycles. The molecule has 0 radical (unpaired) electrons. The Morgan fingerprint density at radius 2 is 1.77 bits per heavy atom. The van der Waals surface area contributed by atoms with E-state index >= 15 is 0 Å². The Hall–Kier alpha value is -1.07. The Bertz CT molecular complexity index is 361. The molecule has 0 aliphatic heterocycles. The summed E-state index contributed by atoms with van der Waals surface area (Å²) >= 11 is 0. The molecular formula is C8H12N2O2S. The molecule has 0 aliphatic carbocycles. The molecule has 0 fully saturated rings. The summed E-state index contributed by atoms with van der Waals surface area (Å²) in [5, 5.41) is 0. The Labute approximate surface area is 78.4 Å². The van der Waals surface area contributed by atoms with Gasteiger partial charge < -0.3 is 0 Å². The number of benzene rings is 1. The molecule has 72 valence electrons. The van der Waals surface area contributed by atoms with Crippen LogP contribution in [0.3, 0.4) is 0 Å². The molecule has 1 rings (SSSR count). The molecule has 0 atom stereocenters. The summed E-state index contributed by atoms with van der Waals surface area (Å²) in [5.41, 5.74) is 0.636. The summed E-state index contributed by atoms with van der Waals surface area (Å²) < 4.78 is 26.1. The zero-order valence-electron chi connectivity index (χ0n) is 7.56. The fourth-order valence-corrected chi connectivity index (χ4v) is 1.59. The highest BCUT2D eigenvalue weighted by atomic mass is 32.2. The number of para-hydroxylation sites is 1. The molecule has 0 bridgehead atoms. The predicted molar refractivity (Wildman–Crippen MR) is 52.8 cm³/mol. The maximum Gasteiger partial charge on any atom is 0.301 e. The van der Waals surface area contributed by atoms with Gasteiger partial charge in [0.1, 0.15) is 0 Å². The first-order chi connectivity index (χ1) is 6.08. The van der Waals surface area contributed by atoms with Crippen LogP contribution in [0.2, 0.25) is 0 Å². The summed E-state index contributed by atoms with van der Waals surface area (Å²) in [6.07, 6.45) is 0. The molecule has 0 amide bonds. The Balaban J connectivity index is 2.99. The highest BCUT2D eigenvalue weighted by Gasteiger charge is 2.14. The van der Waals surface area contributed by atoms with Crippen molar-refractivity contribution in [3.05, 3.63) is 30.3 Å². The van der Waals surface area contributed by atoms with Crippen molar-refractivity contribution in [3.8, 4) is 0 Å². The van der Waals surface area contributed by atoms with Crippen LogP contribution in [0.15, 0.2) is 30.3 Å². The first kappa shape index (κ1) is 10.0.